The summed E-state index contributed by atoms with van der Waals surface area (Å²) < 4.78 is 12.4. The van der Waals surface area contributed by atoms with E-state index >= 15 is 0 Å². The molecule has 134 valence electrons. The third kappa shape index (κ3) is 3.16. The summed E-state index contributed by atoms with van der Waals surface area (Å²) in [6.07, 6.45) is 4.67. The molecule has 0 bridgehead atoms. The molecule has 1 aromatic heterocycles. The number of benzene rings is 1. The van der Waals surface area contributed by atoms with E-state index in [1.54, 1.807) is 25.2 Å². The fraction of sp³-hybridized carbons (Fsp3) is 0.556. The zero-order valence-corrected chi connectivity index (χ0v) is 14.4. The average Bonchev–Trinajstić information content (AvgIpc) is 3.24. The molecule has 2 aliphatic heterocycles. The number of nitrogens with zero attached hydrogens (tertiary/aromatic N) is 2. The second-order valence-electron chi connectivity index (χ2n) is 6.92. The summed E-state index contributed by atoms with van der Waals surface area (Å²) in [4.78, 5) is 25.9. The predicted octanol–water partition coefficient (Wildman–Crippen LogP) is 2.55. The van der Waals surface area contributed by atoms with E-state index in [-0.39, 0.29) is 6.03 Å². The number of likely N-dealkylation sites (tertiary alicyclic amines) is 1. The quantitative estimate of drug-likeness (QED) is 0.907. The topological polar surface area (TPSA) is 76.7 Å². The van der Waals surface area contributed by atoms with Gasteiger partial charge in [-0.1, -0.05) is 0 Å². The van der Waals surface area contributed by atoms with Crippen molar-refractivity contribution >= 4 is 22.8 Å². The van der Waals surface area contributed by atoms with Crippen LogP contribution in [0.25, 0.3) is 11.1 Å². The fourth-order valence-corrected chi connectivity index (χ4v) is 3.86. The van der Waals surface area contributed by atoms with E-state index in [2.05, 4.69) is 5.32 Å². The lowest BCUT2D eigenvalue weighted by molar-refractivity contribution is 0.0382. The third-order valence-corrected chi connectivity index (χ3v) is 5.36. The highest BCUT2D eigenvalue weighted by Crippen LogP contribution is 2.29. The van der Waals surface area contributed by atoms with Gasteiger partial charge in [0, 0.05) is 38.5 Å². The van der Waals surface area contributed by atoms with Gasteiger partial charge in [-0.15, -0.1) is 0 Å². The first kappa shape index (κ1) is 16.2. The van der Waals surface area contributed by atoms with E-state index in [1.165, 1.54) is 4.57 Å². The van der Waals surface area contributed by atoms with Gasteiger partial charge in [0.05, 0.1) is 11.6 Å². The van der Waals surface area contributed by atoms with E-state index in [9.17, 15) is 9.59 Å². The number of anilines is 1. The van der Waals surface area contributed by atoms with E-state index < -0.39 is 5.76 Å². The van der Waals surface area contributed by atoms with Gasteiger partial charge in [-0.05, 0) is 43.7 Å². The average molecular weight is 345 g/mol. The zero-order valence-electron chi connectivity index (χ0n) is 14.4. The number of carbonyl (C=O) groups excluding carboxylic acids is 1. The number of aromatic nitrogens is 1. The summed E-state index contributed by atoms with van der Waals surface area (Å²) in [5, 5.41) is 2.90. The first-order valence-electron chi connectivity index (χ1n) is 8.89. The lowest BCUT2D eigenvalue weighted by Gasteiger charge is -2.34. The number of oxazole rings is 1. The molecule has 1 unspecified atom stereocenters. The molecule has 3 heterocycles. The normalized spacial score (nSPS) is 21.8. The molecule has 7 nitrogen and oxygen atoms in total. The predicted molar refractivity (Wildman–Crippen MR) is 93.7 cm³/mol. The van der Waals surface area contributed by atoms with Crippen molar-refractivity contribution in [2.75, 3.05) is 25.0 Å². The van der Waals surface area contributed by atoms with Crippen LogP contribution in [0.4, 0.5) is 10.5 Å². The van der Waals surface area contributed by atoms with Gasteiger partial charge < -0.3 is 19.4 Å². The van der Waals surface area contributed by atoms with Crippen molar-refractivity contribution in [1.82, 2.24) is 9.47 Å². The van der Waals surface area contributed by atoms with E-state index in [1.807, 2.05) is 4.90 Å². The van der Waals surface area contributed by atoms with Crippen molar-refractivity contribution in [2.45, 2.75) is 31.8 Å². The number of amides is 2. The number of urea groups is 1. The molecule has 2 aromatic rings. The van der Waals surface area contributed by atoms with Crippen LogP contribution >= 0.6 is 0 Å². The van der Waals surface area contributed by atoms with Crippen LogP contribution in [0.15, 0.2) is 27.4 Å². The minimum Gasteiger partial charge on any atom is -0.408 e. The number of aryl methyl sites for hydroxylation is 1. The number of rotatable bonds is 2. The molecule has 0 saturated carbocycles. The molecule has 25 heavy (non-hydrogen) atoms. The lowest BCUT2D eigenvalue weighted by atomic mass is 9.90. The minimum absolute atomic E-state index is 0.108. The van der Waals surface area contributed by atoms with Crippen LogP contribution in [-0.2, 0) is 11.8 Å². The van der Waals surface area contributed by atoms with Crippen LogP contribution in [0.1, 0.15) is 25.7 Å². The number of nitrogens with one attached hydrogen (secondary N) is 1. The monoisotopic (exact) mass is 345 g/mol. The smallest absolute Gasteiger partial charge is 0.408 e. The molecule has 0 radical (unpaired) electrons. The van der Waals surface area contributed by atoms with Gasteiger partial charge in [0.1, 0.15) is 0 Å². The Labute approximate surface area is 145 Å². The minimum atomic E-state index is -0.408. The summed E-state index contributed by atoms with van der Waals surface area (Å²) in [5.41, 5.74) is 1.82. The van der Waals surface area contributed by atoms with Crippen LogP contribution in [0.2, 0.25) is 0 Å². The summed E-state index contributed by atoms with van der Waals surface area (Å²) in [6, 6.07) is 5.14. The van der Waals surface area contributed by atoms with Gasteiger partial charge in [0.15, 0.2) is 5.58 Å². The maximum absolute atomic E-state index is 12.5. The van der Waals surface area contributed by atoms with Gasteiger partial charge in [-0.3, -0.25) is 4.57 Å². The number of fused-ring (bicyclic) bond motifs is 1. The van der Waals surface area contributed by atoms with Crippen LogP contribution in [0.5, 0.6) is 0 Å². The molecule has 1 aromatic carbocycles. The Morgan fingerprint density at radius 2 is 2.04 bits per heavy atom. The molecule has 4 rings (SSSR count). The summed E-state index contributed by atoms with van der Waals surface area (Å²) in [6.45, 7) is 2.38. The first-order valence-corrected chi connectivity index (χ1v) is 8.89. The third-order valence-electron chi connectivity index (χ3n) is 5.36. The fourth-order valence-electron chi connectivity index (χ4n) is 3.86. The van der Waals surface area contributed by atoms with Crippen molar-refractivity contribution in [2.24, 2.45) is 13.0 Å². The Morgan fingerprint density at radius 1 is 1.24 bits per heavy atom. The lowest BCUT2D eigenvalue weighted by Crippen LogP contribution is -2.43. The highest BCUT2D eigenvalue weighted by atomic mass is 16.5. The highest BCUT2D eigenvalue weighted by molar-refractivity contribution is 5.91. The number of hydrogen-bond acceptors (Lipinski definition) is 4. The molecule has 7 heteroatoms. The van der Waals surface area contributed by atoms with Gasteiger partial charge in [0.2, 0.25) is 0 Å². The van der Waals surface area contributed by atoms with Crippen molar-refractivity contribution in [1.29, 1.82) is 0 Å². The standard InChI is InChI=1S/C18H23N3O4/c1-20-14-5-4-13(11-16(14)25-18(20)23)19-17(22)21-8-6-12(7-9-21)15-3-2-10-24-15/h4-5,11-12,15H,2-3,6-10H2,1H3,(H,19,22). The molecule has 2 saturated heterocycles. The number of carbonyl (C=O) groups is 1. The van der Waals surface area contributed by atoms with Crippen LogP contribution < -0.4 is 11.1 Å². The number of ether oxygens (including phenoxy) is 1. The van der Waals surface area contributed by atoms with Crippen molar-refractivity contribution < 1.29 is 13.9 Å². The molecule has 0 aliphatic carbocycles. The SMILES string of the molecule is Cn1c(=O)oc2cc(NC(=O)N3CCC(C4CCCO4)CC3)ccc21. The summed E-state index contributed by atoms with van der Waals surface area (Å²) >= 11 is 0. The number of piperidine rings is 1. The van der Waals surface area contributed by atoms with Gasteiger partial charge in [-0.2, -0.15) is 0 Å². The number of hydrogen-bond donors (Lipinski definition) is 1. The van der Waals surface area contributed by atoms with Crippen molar-refractivity contribution in [3.05, 3.63) is 28.7 Å². The van der Waals surface area contributed by atoms with Crippen LogP contribution in [0, 0.1) is 5.92 Å². The molecule has 0 spiro atoms. The Bertz CT molecular complexity index is 826. The van der Waals surface area contributed by atoms with E-state index in [0.717, 1.165) is 45.4 Å². The highest BCUT2D eigenvalue weighted by Gasteiger charge is 2.30. The Balaban J connectivity index is 1.38. The van der Waals surface area contributed by atoms with Crippen LogP contribution in [0.3, 0.4) is 0 Å². The Hall–Kier alpha value is -2.28. The molecular formula is C18H23N3O4. The summed E-state index contributed by atoms with van der Waals surface area (Å²) in [7, 11) is 1.66. The molecule has 1 atom stereocenters. The maximum Gasteiger partial charge on any atom is 0.419 e. The summed E-state index contributed by atoms with van der Waals surface area (Å²) in [5.74, 6) is 0.163. The Morgan fingerprint density at radius 3 is 2.76 bits per heavy atom. The second kappa shape index (κ2) is 6.55. The molecule has 2 amide bonds. The van der Waals surface area contributed by atoms with Gasteiger partial charge in [-0.25, -0.2) is 9.59 Å². The second-order valence-corrected chi connectivity index (χ2v) is 6.92. The first-order chi connectivity index (χ1) is 12.1. The van der Waals surface area contributed by atoms with Crippen LogP contribution in [-0.4, -0.2) is 41.3 Å². The van der Waals surface area contributed by atoms with Crippen molar-refractivity contribution in [3.63, 3.8) is 0 Å². The Kier molecular flexibility index (Phi) is 4.25. The zero-order chi connectivity index (χ0) is 17.4. The van der Waals surface area contributed by atoms with E-state index in [0.29, 0.717) is 28.8 Å². The van der Waals surface area contributed by atoms with E-state index in [4.69, 9.17) is 9.15 Å². The molecular weight excluding hydrogens is 322 g/mol. The largest absolute Gasteiger partial charge is 0.419 e. The van der Waals surface area contributed by atoms with Gasteiger partial charge >= 0.3 is 11.8 Å². The molecule has 2 aliphatic rings. The maximum atomic E-state index is 12.5. The van der Waals surface area contributed by atoms with Crippen molar-refractivity contribution in [3.8, 4) is 0 Å². The van der Waals surface area contributed by atoms with Gasteiger partial charge in [0.25, 0.3) is 0 Å². The molecule has 1 N–H and O–H groups in total. The molecule has 2 fully saturated rings.